The van der Waals surface area contributed by atoms with Crippen LogP contribution in [-0.2, 0) is 6.42 Å². The Hall–Kier alpha value is -1.49. The molecule has 3 rings (SSSR count). The van der Waals surface area contributed by atoms with E-state index in [0.717, 1.165) is 21.8 Å². The number of aromatic nitrogens is 1. The monoisotopic (exact) mass is 287 g/mol. The molecule has 2 nitrogen and oxygen atoms in total. The lowest BCUT2D eigenvalue weighted by Crippen LogP contribution is -1.99. The van der Waals surface area contributed by atoms with Crippen LogP contribution in [0, 0.1) is 0 Å². The molecule has 0 spiro atoms. The third-order valence-electron chi connectivity index (χ3n) is 2.92. The number of nitrogens with zero attached hydrogens (tertiary/aromatic N) is 1. The second-order valence-corrected chi connectivity index (χ2v) is 5.99. The largest absolute Gasteiger partial charge is 0.388 e. The van der Waals surface area contributed by atoms with Gasteiger partial charge in [-0.3, -0.25) is 0 Å². The fourth-order valence-electron chi connectivity index (χ4n) is 1.89. The van der Waals surface area contributed by atoms with Crippen LogP contribution in [0.5, 0.6) is 0 Å². The van der Waals surface area contributed by atoms with Gasteiger partial charge in [0.1, 0.15) is 0 Å². The summed E-state index contributed by atoms with van der Waals surface area (Å²) in [6, 6.07) is 12.1. The van der Waals surface area contributed by atoms with Gasteiger partial charge in [0.2, 0.25) is 0 Å². The second kappa shape index (κ2) is 5.65. The predicted molar refractivity (Wildman–Crippen MR) is 80.5 cm³/mol. The van der Waals surface area contributed by atoms with Crippen LogP contribution in [0.4, 0.5) is 0 Å². The van der Waals surface area contributed by atoms with Gasteiger partial charge < -0.3 is 5.11 Å². The molecule has 0 aliphatic rings. The zero-order valence-corrected chi connectivity index (χ0v) is 11.8. The van der Waals surface area contributed by atoms with Gasteiger partial charge in [-0.25, -0.2) is 4.98 Å². The van der Waals surface area contributed by atoms with Gasteiger partial charge in [0.15, 0.2) is 0 Å². The molecule has 0 saturated heterocycles. The maximum Gasteiger partial charge on any atom is 0.0961 e. The van der Waals surface area contributed by atoms with Gasteiger partial charge in [-0.05, 0) is 22.4 Å². The lowest BCUT2D eigenvalue weighted by molar-refractivity contribution is 0.179. The summed E-state index contributed by atoms with van der Waals surface area (Å²) in [4.78, 5) is 4.59. The summed E-state index contributed by atoms with van der Waals surface area (Å²) in [5.74, 6) is 0. The minimum Gasteiger partial charge on any atom is -0.388 e. The number of aliphatic hydroxyl groups excluding tert-OH is 1. The standard InChI is InChI=1S/C15H13NOS2/c17-14(12-6-7-18-9-12)8-15-16-13(10-19-15)11-4-2-1-3-5-11/h1-7,9-10,14,17H,8H2. The minimum absolute atomic E-state index is 0.457. The highest BCUT2D eigenvalue weighted by Crippen LogP contribution is 2.26. The number of thiazole rings is 1. The highest BCUT2D eigenvalue weighted by Gasteiger charge is 2.12. The van der Waals surface area contributed by atoms with E-state index in [9.17, 15) is 5.11 Å². The molecule has 0 amide bonds. The topological polar surface area (TPSA) is 33.1 Å². The molecule has 0 fully saturated rings. The summed E-state index contributed by atoms with van der Waals surface area (Å²) < 4.78 is 0. The molecule has 1 N–H and O–H groups in total. The van der Waals surface area contributed by atoms with Crippen molar-refractivity contribution >= 4 is 22.7 Å². The molecule has 19 heavy (non-hydrogen) atoms. The van der Waals surface area contributed by atoms with E-state index >= 15 is 0 Å². The molecule has 0 aliphatic carbocycles. The maximum atomic E-state index is 10.1. The summed E-state index contributed by atoms with van der Waals surface area (Å²) in [5.41, 5.74) is 3.08. The number of hydrogen-bond donors (Lipinski definition) is 1. The van der Waals surface area contributed by atoms with E-state index in [0.29, 0.717) is 6.42 Å². The Balaban J connectivity index is 1.75. The first-order valence-corrected chi connectivity index (χ1v) is 7.85. The predicted octanol–water partition coefficient (Wildman–Crippen LogP) is 4.15. The van der Waals surface area contributed by atoms with Crippen molar-refractivity contribution in [2.75, 3.05) is 0 Å². The van der Waals surface area contributed by atoms with Crippen molar-refractivity contribution in [2.45, 2.75) is 12.5 Å². The van der Waals surface area contributed by atoms with E-state index in [1.54, 1.807) is 22.7 Å². The number of aliphatic hydroxyl groups is 1. The summed E-state index contributed by atoms with van der Waals surface area (Å²) in [7, 11) is 0. The highest BCUT2D eigenvalue weighted by molar-refractivity contribution is 7.10. The lowest BCUT2D eigenvalue weighted by atomic mass is 10.1. The van der Waals surface area contributed by atoms with Crippen molar-refractivity contribution in [3.8, 4) is 11.3 Å². The summed E-state index contributed by atoms with van der Waals surface area (Å²) >= 11 is 3.21. The van der Waals surface area contributed by atoms with E-state index < -0.39 is 6.10 Å². The number of hydrogen-bond acceptors (Lipinski definition) is 4. The molecule has 0 bridgehead atoms. The van der Waals surface area contributed by atoms with Crippen LogP contribution in [0.3, 0.4) is 0 Å². The van der Waals surface area contributed by atoms with Crippen LogP contribution in [0.1, 0.15) is 16.7 Å². The molecule has 2 aromatic heterocycles. The normalized spacial score (nSPS) is 12.5. The van der Waals surface area contributed by atoms with Crippen LogP contribution < -0.4 is 0 Å². The minimum atomic E-state index is -0.457. The second-order valence-electron chi connectivity index (χ2n) is 4.27. The molecule has 3 aromatic rings. The number of thiophene rings is 1. The van der Waals surface area contributed by atoms with E-state index in [4.69, 9.17) is 0 Å². The van der Waals surface area contributed by atoms with Crippen molar-refractivity contribution in [2.24, 2.45) is 0 Å². The fraction of sp³-hybridized carbons (Fsp3) is 0.133. The van der Waals surface area contributed by atoms with Gasteiger partial charge in [0, 0.05) is 17.4 Å². The lowest BCUT2D eigenvalue weighted by Gasteiger charge is -2.05. The van der Waals surface area contributed by atoms with Crippen molar-refractivity contribution in [1.29, 1.82) is 0 Å². The Bertz CT molecular complexity index is 631. The first-order valence-electron chi connectivity index (χ1n) is 6.03. The first kappa shape index (κ1) is 12.5. The zero-order valence-electron chi connectivity index (χ0n) is 10.2. The van der Waals surface area contributed by atoms with Crippen molar-refractivity contribution in [3.63, 3.8) is 0 Å². The van der Waals surface area contributed by atoms with Gasteiger partial charge in [0.25, 0.3) is 0 Å². The van der Waals surface area contributed by atoms with Crippen molar-refractivity contribution in [1.82, 2.24) is 4.98 Å². The fourth-order valence-corrected chi connectivity index (χ4v) is 3.44. The van der Waals surface area contributed by atoms with Crippen LogP contribution in [0.25, 0.3) is 11.3 Å². The molecule has 0 aliphatic heterocycles. The molecule has 1 aromatic carbocycles. The molecule has 2 heterocycles. The van der Waals surface area contributed by atoms with E-state index in [1.165, 1.54) is 0 Å². The highest BCUT2D eigenvalue weighted by atomic mass is 32.1. The molecule has 1 unspecified atom stereocenters. The molecule has 4 heteroatoms. The third-order valence-corrected chi connectivity index (χ3v) is 4.49. The number of rotatable bonds is 4. The molecule has 1 atom stereocenters. The molecular weight excluding hydrogens is 274 g/mol. The SMILES string of the molecule is OC(Cc1nc(-c2ccccc2)cs1)c1ccsc1. The van der Waals surface area contributed by atoms with Crippen LogP contribution in [0.2, 0.25) is 0 Å². The van der Waals surface area contributed by atoms with Gasteiger partial charge in [-0.15, -0.1) is 11.3 Å². The van der Waals surface area contributed by atoms with E-state index in [1.807, 2.05) is 52.5 Å². The van der Waals surface area contributed by atoms with E-state index in [-0.39, 0.29) is 0 Å². The summed E-state index contributed by atoms with van der Waals surface area (Å²) in [6.45, 7) is 0. The Labute approximate surface area is 120 Å². The first-order chi connectivity index (χ1) is 9.33. The van der Waals surface area contributed by atoms with E-state index in [2.05, 4.69) is 4.98 Å². The third kappa shape index (κ3) is 2.92. The Morgan fingerprint density at radius 2 is 1.95 bits per heavy atom. The van der Waals surface area contributed by atoms with Gasteiger partial charge in [0.05, 0.1) is 16.8 Å². The van der Waals surface area contributed by atoms with Crippen molar-refractivity contribution < 1.29 is 5.11 Å². The quantitative estimate of drug-likeness (QED) is 0.782. The van der Waals surface area contributed by atoms with Crippen LogP contribution >= 0.6 is 22.7 Å². The van der Waals surface area contributed by atoms with Crippen LogP contribution in [0.15, 0.2) is 52.5 Å². The Morgan fingerprint density at radius 3 is 2.68 bits per heavy atom. The van der Waals surface area contributed by atoms with Crippen LogP contribution in [-0.4, -0.2) is 10.1 Å². The Kier molecular flexibility index (Phi) is 3.73. The molecule has 0 radical (unpaired) electrons. The summed E-state index contributed by atoms with van der Waals surface area (Å²) in [5, 5.41) is 17.1. The molecular formula is C15H13NOS2. The van der Waals surface area contributed by atoms with Gasteiger partial charge in [-0.2, -0.15) is 11.3 Å². The maximum absolute atomic E-state index is 10.1. The van der Waals surface area contributed by atoms with Gasteiger partial charge in [-0.1, -0.05) is 30.3 Å². The average molecular weight is 287 g/mol. The Morgan fingerprint density at radius 1 is 1.11 bits per heavy atom. The molecule has 0 saturated carbocycles. The smallest absolute Gasteiger partial charge is 0.0961 e. The zero-order chi connectivity index (χ0) is 13.1. The summed E-state index contributed by atoms with van der Waals surface area (Å²) in [6.07, 6.45) is 0.120. The molecule has 96 valence electrons. The average Bonchev–Trinajstić information content (AvgIpc) is 3.11. The number of benzene rings is 1. The van der Waals surface area contributed by atoms with Crippen molar-refractivity contribution in [3.05, 3.63) is 63.1 Å². The van der Waals surface area contributed by atoms with Gasteiger partial charge >= 0.3 is 0 Å².